The molecule has 1 unspecified atom stereocenters. The first-order valence-electron chi connectivity index (χ1n) is 8.36. The Bertz CT molecular complexity index is 886. The lowest BCUT2D eigenvalue weighted by molar-refractivity contribution is -0.146. The van der Waals surface area contributed by atoms with Crippen LogP contribution in [0.4, 0.5) is 0 Å². The first-order valence-corrected chi connectivity index (χ1v) is 8.36. The smallest absolute Gasteiger partial charge is 0.329 e. The minimum atomic E-state index is -0.979. The molecule has 3 rings (SSSR count). The van der Waals surface area contributed by atoms with Gasteiger partial charge in [-0.1, -0.05) is 48.0 Å². The second-order valence-electron chi connectivity index (χ2n) is 6.15. The summed E-state index contributed by atoms with van der Waals surface area (Å²) >= 11 is 0. The number of hydrogen-bond donors (Lipinski definition) is 0. The van der Waals surface area contributed by atoms with E-state index in [0.717, 1.165) is 16.0 Å². The minimum Gasteiger partial charge on any atom is -0.460 e. The zero-order chi connectivity index (χ0) is 18.7. The molecule has 2 aromatic carbocycles. The van der Waals surface area contributed by atoms with Gasteiger partial charge in [0.25, 0.3) is 11.8 Å². The molecule has 5 nitrogen and oxygen atoms in total. The Labute approximate surface area is 151 Å². The van der Waals surface area contributed by atoms with Crippen molar-refractivity contribution in [3.8, 4) is 0 Å². The van der Waals surface area contributed by atoms with Gasteiger partial charge in [-0.2, -0.15) is 0 Å². The summed E-state index contributed by atoms with van der Waals surface area (Å²) < 4.78 is 5.19. The molecule has 0 spiro atoms. The lowest BCUT2D eigenvalue weighted by Crippen LogP contribution is -2.43. The predicted octanol–water partition coefficient (Wildman–Crippen LogP) is 3.24. The number of esters is 1. The summed E-state index contributed by atoms with van der Waals surface area (Å²) in [5.41, 5.74) is 2.53. The highest BCUT2D eigenvalue weighted by atomic mass is 16.5. The number of hydrogen-bond acceptors (Lipinski definition) is 4. The monoisotopic (exact) mass is 349 g/mol. The zero-order valence-electron chi connectivity index (χ0n) is 14.6. The van der Waals surface area contributed by atoms with Crippen LogP contribution in [0.1, 0.15) is 38.8 Å². The molecule has 1 atom stereocenters. The maximum Gasteiger partial charge on any atom is 0.329 e. The third-order valence-electron chi connectivity index (χ3n) is 4.23. The Hall–Kier alpha value is -3.21. The van der Waals surface area contributed by atoms with Crippen molar-refractivity contribution in [1.29, 1.82) is 0 Å². The Morgan fingerprint density at radius 1 is 1.08 bits per heavy atom. The molecular weight excluding hydrogens is 330 g/mol. The van der Waals surface area contributed by atoms with Crippen LogP contribution in [-0.4, -0.2) is 35.3 Å². The quantitative estimate of drug-likeness (QED) is 0.614. The number of nitrogens with zero attached hydrogens (tertiary/aromatic N) is 1. The van der Waals surface area contributed by atoms with Gasteiger partial charge in [0.15, 0.2) is 0 Å². The predicted molar refractivity (Wildman–Crippen MR) is 97.6 cm³/mol. The van der Waals surface area contributed by atoms with Crippen LogP contribution in [0, 0.1) is 6.92 Å². The van der Waals surface area contributed by atoms with Crippen molar-refractivity contribution in [1.82, 2.24) is 4.90 Å². The van der Waals surface area contributed by atoms with Crippen molar-refractivity contribution >= 4 is 23.9 Å². The maximum absolute atomic E-state index is 12.5. The lowest BCUT2D eigenvalue weighted by Gasteiger charge is -2.20. The number of carbonyl (C=O) groups excluding carboxylic acids is 3. The van der Waals surface area contributed by atoms with E-state index >= 15 is 0 Å². The van der Waals surface area contributed by atoms with E-state index in [4.69, 9.17) is 4.74 Å². The molecule has 1 aliphatic rings. The van der Waals surface area contributed by atoms with Crippen molar-refractivity contribution < 1.29 is 19.1 Å². The van der Waals surface area contributed by atoms with Gasteiger partial charge < -0.3 is 4.74 Å². The summed E-state index contributed by atoms with van der Waals surface area (Å²) in [7, 11) is 0. The average molecular weight is 349 g/mol. The van der Waals surface area contributed by atoms with E-state index in [2.05, 4.69) is 0 Å². The summed E-state index contributed by atoms with van der Waals surface area (Å²) in [4.78, 5) is 38.2. The van der Waals surface area contributed by atoms with E-state index in [1.807, 2.05) is 43.3 Å². The van der Waals surface area contributed by atoms with Crippen molar-refractivity contribution in [3.05, 3.63) is 76.9 Å². The molecule has 0 fully saturated rings. The molecule has 1 aliphatic heterocycles. The van der Waals surface area contributed by atoms with Crippen molar-refractivity contribution in [2.75, 3.05) is 6.61 Å². The molecule has 0 radical (unpaired) electrons. The Kier molecular flexibility index (Phi) is 4.98. The van der Waals surface area contributed by atoms with Gasteiger partial charge in [0, 0.05) is 0 Å². The van der Waals surface area contributed by atoms with Gasteiger partial charge in [0.2, 0.25) is 0 Å². The number of imide groups is 1. The SMILES string of the molecule is Cc1ccc2c(c1)C(=O)N(C(C)C(=O)OC/C=C/c1ccccc1)C2=O. The summed E-state index contributed by atoms with van der Waals surface area (Å²) in [5, 5.41) is 0. The van der Waals surface area contributed by atoms with E-state index < -0.39 is 23.8 Å². The molecule has 26 heavy (non-hydrogen) atoms. The fourth-order valence-electron chi connectivity index (χ4n) is 2.83. The van der Waals surface area contributed by atoms with Gasteiger partial charge in [-0.25, -0.2) is 4.79 Å². The standard InChI is InChI=1S/C21H19NO4/c1-14-10-11-17-18(13-14)20(24)22(19(17)23)15(2)21(25)26-12-6-9-16-7-4-3-5-8-16/h3-11,13,15H,12H2,1-2H3/b9-6+. The van der Waals surface area contributed by atoms with E-state index in [9.17, 15) is 14.4 Å². The second kappa shape index (κ2) is 7.35. The molecular formula is C21H19NO4. The van der Waals surface area contributed by atoms with Crippen molar-refractivity contribution in [2.24, 2.45) is 0 Å². The number of aryl methyl sites for hydroxylation is 1. The molecule has 1 heterocycles. The van der Waals surface area contributed by atoms with Crippen LogP contribution >= 0.6 is 0 Å². The van der Waals surface area contributed by atoms with Crippen molar-refractivity contribution in [2.45, 2.75) is 19.9 Å². The number of fused-ring (bicyclic) bond motifs is 1. The largest absolute Gasteiger partial charge is 0.460 e. The maximum atomic E-state index is 12.5. The van der Waals surface area contributed by atoms with Gasteiger partial charge in [-0.05, 0) is 37.6 Å². The van der Waals surface area contributed by atoms with Gasteiger partial charge >= 0.3 is 5.97 Å². The first-order chi connectivity index (χ1) is 12.5. The number of ether oxygens (including phenoxy) is 1. The van der Waals surface area contributed by atoms with Gasteiger partial charge in [0.05, 0.1) is 11.1 Å². The summed E-state index contributed by atoms with van der Waals surface area (Å²) in [6.45, 7) is 3.41. The highest BCUT2D eigenvalue weighted by molar-refractivity contribution is 6.22. The normalized spacial score (nSPS) is 14.6. The topological polar surface area (TPSA) is 63.7 Å². The lowest BCUT2D eigenvalue weighted by atomic mass is 10.1. The molecule has 0 aliphatic carbocycles. The summed E-state index contributed by atoms with van der Waals surface area (Å²) in [6.07, 6.45) is 3.55. The van der Waals surface area contributed by atoms with Gasteiger partial charge in [-0.15, -0.1) is 0 Å². The third kappa shape index (κ3) is 3.42. The molecule has 0 N–H and O–H groups in total. The Balaban J connectivity index is 1.63. The number of benzene rings is 2. The van der Waals surface area contributed by atoms with Crippen LogP contribution in [-0.2, 0) is 9.53 Å². The van der Waals surface area contributed by atoms with E-state index in [0.29, 0.717) is 11.1 Å². The Morgan fingerprint density at radius 2 is 1.77 bits per heavy atom. The molecule has 0 saturated carbocycles. The fraction of sp³-hybridized carbons (Fsp3) is 0.190. The van der Waals surface area contributed by atoms with Crippen LogP contribution < -0.4 is 0 Å². The van der Waals surface area contributed by atoms with Crippen LogP contribution in [0.3, 0.4) is 0 Å². The van der Waals surface area contributed by atoms with Crippen LogP contribution in [0.25, 0.3) is 6.08 Å². The molecule has 5 heteroatoms. The van der Waals surface area contributed by atoms with E-state index in [-0.39, 0.29) is 6.61 Å². The number of rotatable bonds is 5. The molecule has 0 saturated heterocycles. The minimum absolute atomic E-state index is 0.0698. The highest BCUT2D eigenvalue weighted by Crippen LogP contribution is 2.26. The average Bonchev–Trinajstić information content (AvgIpc) is 2.89. The number of carbonyl (C=O) groups is 3. The van der Waals surface area contributed by atoms with E-state index in [1.54, 1.807) is 24.3 Å². The third-order valence-corrected chi connectivity index (χ3v) is 4.23. The van der Waals surface area contributed by atoms with Gasteiger partial charge in [-0.3, -0.25) is 14.5 Å². The Morgan fingerprint density at radius 3 is 2.50 bits per heavy atom. The van der Waals surface area contributed by atoms with Crippen LogP contribution in [0.2, 0.25) is 0 Å². The summed E-state index contributed by atoms with van der Waals surface area (Å²) in [6, 6.07) is 13.7. The zero-order valence-corrected chi connectivity index (χ0v) is 14.6. The number of amides is 2. The van der Waals surface area contributed by atoms with Crippen LogP contribution in [0.15, 0.2) is 54.6 Å². The highest BCUT2D eigenvalue weighted by Gasteiger charge is 2.41. The molecule has 132 valence electrons. The molecule has 0 bridgehead atoms. The first kappa shape index (κ1) is 17.6. The van der Waals surface area contributed by atoms with E-state index in [1.165, 1.54) is 6.92 Å². The molecule has 0 aromatic heterocycles. The second-order valence-corrected chi connectivity index (χ2v) is 6.15. The molecule has 2 aromatic rings. The summed E-state index contributed by atoms with van der Waals surface area (Å²) in [5.74, 6) is -1.54. The van der Waals surface area contributed by atoms with Crippen molar-refractivity contribution in [3.63, 3.8) is 0 Å². The molecule has 2 amide bonds. The fourth-order valence-corrected chi connectivity index (χ4v) is 2.83. The van der Waals surface area contributed by atoms with Crippen LogP contribution in [0.5, 0.6) is 0 Å². The van der Waals surface area contributed by atoms with Gasteiger partial charge in [0.1, 0.15) is 12.6 Å².